The Balaban J connectivity index is 2.24. The van der Waals surface area contributed by atoms with Gasteiger partial charge in [-0.3, -0.25) is 0 Å². The van der Waals surface area contributed by atoms with E-state index in [1.807, 2.05) is 59.6 Å². The van der Waals surface area contributed by atoms with Gasteiger partial charge in [0, 0.05) is 18.3 Å². The third-order valence-corrected chi connectivity index (χ3v) is 2.07. The first-order valence-electron chi connectivity index (χ1n) is 4.87. The van der Waals surface area contributed by atoms with Gasteiger partial charge in [-0.05, 0) is 12.1 Å². The van der Waals surface area contributed by atoms with E-state index in [0.29, 0.717) is 6.54 Å². The summed E-state index contributed by atoms with van der Waals surface area (Å²) in [5.41, 5.74) is 7.50. The monoisotopic (exact) mass is 199 g/mol. The van der Waals surface area contributed by atoms with Crippen molar-refractivity contribution in [2.75, 3.05) is 6.54 Å². The first kappa shape index (κ1) is 9.68. The Hall–Kier alpha value is -1.87. The van der Waals surface area contributed by atoms with Gasteiger partial charge in [-0.25, -0.2) is 4.68 Å². The van der Waals surface area contributed by atoms with Crippen molar-refractivity contribution in [1.82, 2.24) is 9.78 Å². The molecule has 3 nitrogen and oxygen atoms in total. The van der Waals surface area contributed by atoms with Crippen LogP contribution in [0.15, 0.2) is 48.8 Å². The summed E-state index contributed by atoms with van der Waals surface area (Å²) >= 11 is 0. The Labute approximate surface area is 88.8 Å². The lowest BCUT2D eigenvalue weighted by atomic mass is 10.3. The van der Waals surface area contributed by atoms with Crippen molar-refractivity contribution in [3.05, 3.63) is 54.4 Å². The quantitative estimate of drug-likeness (QED) is 0.819. The second-order valence-electron chi connectivity index (χ2n) is 3.19. The Morgan fingerprint density at radius 3 is 2.80 bits per heavy atom. The topological polar surface area (TPSA) is 43.8 Å². The molecule has 0 amide bonds. The average Bonchev–Trinajstić information content (AvgIpc) is 2.76. The van der Waals surface area contributed by atoms with Crippen LogP contribution < -0.4 is 5.73 Å². The van der Waals surface area contributed by atoms with Gasteiger partial charge in [-0.2, -0.15) is 5.10 Å². The van der Waals surface area contributed by atoms with E-state index in [-0.39, 0.29) is 0 Å². The van der Waals surface area contributed by atoms with Gasteiger partial charge >= 0.3 is 0 Å². The number of rotatable bonds is 3. The molecule has 15 heavy (non-hydrogen) atoms. The summed E-state index contributed by atoms with van der Waals surface area (Å²) in [6, 6.07) is 10.0. The molecule has 2 N–H and O–H groups in total. The standard InChI is InChI=1S/C12H13N3/c13-8-4-5-11-9-14-15(10-11)12-6-2-1-3-7-12/h1-7,9-10H,8,13H2/b5-4+. The largest absolute Gasteiger partial charge is 0.327 e. The molecule has 0 aliphatic rings. The predicted octanol–water partition coefficient (Wildman–Crippen LogP) is 1.84. The van der Waals surface area contributed by atoms with E-state index in [1.165, 1.54) is 0 Å². The Morgan fingerprint density at radius 2 is 2.07 bits per heavy atom. The zero-order chi connectivity index (χ0) is 10.5. The third-order valence-electron chi connectivity index (χ3n) is 2.07. The molecule has 3 heteroatoms. The van der Waals surface area contributed by atoms with Crippen LogP contribution in [0.25, 0.3) is 11.8 Å². The summed E-state index contributed by atoms with van der Waals surface area (Å²) in [5, 5.41) is 4.26. The molecule has 0 fully saturated rings. The SMILES string of the molecule is NC/C=C/c1cnn(-c2ccccc2)c1. The zero-order valence-electron chi connectivity index (χ0n) is 8.38. The number of benzene rings is 1. The molecule has 0 aliphatic carbocycles. The first-order valence-corrected chi connectivity index (χ1v) is 4.87. The summed E-state index contributed by atoms with van der Waals surface area (Å²) < 4.78 is 1.84. The molecule has 2 rings (SSSR count). The maximum atomic E-state index is 5.38. The highest BCUT2D eigenvalue weighted by molar-refractivity contribution is 5.48. The molecule has 0 spiro atoms. The molecule has 2 aromatic rings. The lowest BCUT2D eigenvalue weighted by Crippen LogP contribution is -1.92. The summed E-state index contributed by atoms with van der Waals surface area (Å²) in [6.07, 6.45) is 7.67. The molecule has 76 valence electrons. The number of aromatic nitrogens is 2. The van der Waals surface area contributed by atoms with E-state index in [1.54, 1.807) is 0 Å². The summed E-state index contributed by atoms with van der Waals surface area (Å²) in [4.78, 5) is 0. The summed E-state index contributed by atoms with van der Waals surface area (Å²) in [5.74, 6) is 0. The number of hydrogen-bond acceptors (Lipinski definition) is 2. The number of nitrogens with two attached hydrogens (primary N) is 1. The van der Waals surface area contributed by atoms with Gasteiger partial charge in [0.2, 0.25) is 0 Å². The molecule has 0 bridgehead atoms. The van der Waals surface area contributed by atoms with Crippen LogP contribution in [-0.4, -0.2) is 16.3 Å². The highest BCUT2D eigenvalue weighted by Crippen LogP contribution is 2.08. The Bertz CT molecular complexity index is 443. The lowest BCUT2D eigenvalue weighted by Gasteiger charge is -1.98. The van der Waals surface area contributed by atoms with Crippen molar-refractivity contribution in [2.24, 2.45) is 5.73 Å². The fourth-order valence-corrected chi connectivity index (χ4v) is 1.35. The minimum Gasteiger partial charge on any atom is -0.327 e. The van der Waals surface area contributed by atoms with Crippen molar-refractivity contribution >= 4 is 6.08 Å². The molecular weight excluding hydrogens is 186 g/mol. The van der Waals surface area contributed by atoms with Crippen LogP contribution in [0.2, 0.25) is 0 Å². The normalized spacial score (nSPS) is 11.0. The lowest BCUT2D eigenvalue weighted by molar-refractivity contribution is 0.880. The van der Waals surface area contributed by atoms with E-state index < -0.39 is 0 Å². The van der Waals surface area contributed by atoms with Gasteiger partial charge in [0.15, 0.2) is 0 Å². The molecular formula is C12H13N3. The molecule has 0 saturated carbocycles. The molecule has 0 radical (unpaired) electrons. The molecule has 0 saturated heterocycles. The third kappa shape index (κ3) is 2.33. The van der Waals surface area contributed by atoms with Crippen molar-refractivity contribution < 1.29 is 0 Å². The fourth-order valence-electron chi connectivity index (χ4n) is 1.35. The van der Waals surface area contributed by atoms with Gasteiger partial charge in [0.05, 0.1) is 11.9 Å². The Morgan fingerprint density at radius 1 is 1.27 bits per heavy atom. The maximum absolute atomic E-state index is 5.38. The second kappa shape index (κ2) is 4.57. The fraction of sp³-hybridized carbons (Fsp3) is 0.0833. The van der Waals surface area contributed by atoms with Crippen molar-refractivity contribution in [3.8, 4) is 5.69 Å². The highest BCUT2D eigenvalue weighted by Gasteiger charge is 1.96. The minimum atomic E-state index is 0.552. The zero-order valence-corrected chi connectivity index (χ0v) is 8.38. The van der Waals surface area contributed by atoms with Crippen molar-refractivity contribution in [1.29, 1.82) is 0 Å². The van der Waals surface area contributed by atoms with Gasteiger partial charge in [-0.1, -0.05) is 30.4 Å². The van der Waals surface area contributed by atoms with Crippen molar-refractivity contribution in [3.63, 3.8) is 0 Å². The molecule has 0 aliphatic heterocycles. The van der Waals surface area contributed by atoms with Crippen LogP contribution in [-0.2, 0) is 0 Å². The van der Waals surface area contributed by atoms with Gasteiger partial charge in [0.1, 0.15) is 0 Å². The van der Waals surface area contributed by atoms with Crippen LogP contribution in [0.4, 0.5) is 0 Å². The van der Waals surface area contributed by atoms with Crippen LogP contribution in [0, 0.1) is 0 Å². The number of para-hydroxylation sites is 1. The smallest absolute Gasteiger partial charge is 0.0645 e. The van der Waals surface area contributed by atoms with Gasteiger partial charge < -0.3 is 5.73 Å². The minimum absolute atomic E-state index is 0.552. The van der Waals surface area contributed by atoms with Crippen LogP contribution in [0.1, 0.15) is 5.56 Å². The summed E-state index contributed by atoms with van der Waals surface area (Å²) in [6.45, 7) is 0.552. The Kier molecular flexibility index (Phi) is 2.95. The van der Waals surface area contributed by atoms with Crippen LogP contribution in [0.5, 0.6) is 0 Å². The van der Waals surface area contributed by atoms with Crippen LogP contribution in [0.3, 0.4) is 0 Å². The highest BCUT2D eigenvalue weighted by atomic mass is 15.3. The van der Waals surface area contributed by atoms with Crippen LogP contribution >= 0.6 is 0 Å². The number of nitrogens with zero attached hydrogens (tertiary/aromatic N) is 2. The summed E-state index contributed by atoms with van der Waals surface area (Å²) in [7, 11) is 0. The molecule has 1 aromatic carbocycles. The van der Waals surface area contributed by atoms with E-state index in [0.717, 1.165) is 11.3 Å². The first-order chi connectivity index (χ1) is 7.40. The molecule has 0 unspecified atom stereocenters. The molecule has 0 atom stereocenters. The molecule has 1 aromatic heterocycles. The average molecular weight is 199 g/mol. The van der Waals surface area contributed by atoms with Gasteiger partial charge in [-0.15, -0.1) is 0 Å². The van der Waals surface area contributed by atoms with Crippen molar-refractivity contribution in [2.45, 2.75) is 0 Å². The van der Waals surface area contributed by atoms with E-state index in [9.17, 15) is 0 Å². The van der Waals surface area contributed by atoms with E-state index in [2.05, 4.69) is 5.10 Å². The second-order valence-corrected chi connectivity index (χ2v) is 3.19. The number of hydrogen-bond donors (Lipinski definition) is 1. The molecule has 1 heterocycles. The van der Waals surface area contributed by atoms with E-state index in [4.69, 9.17) is 5.73 Å². The van der Waals surface area contributed by atoms with Gasteiger partial charge in [0.25, 0.3) is 0 Å². The maximum Gasteiger partial charge on any atom is 0.0645 e. The predicted molar refractivity (Wildman–Crippen MR) is 61.7 cm³/mol. The van der Waals surface area contributed by atoms with E-state index >= 15 is 0 Å².